The molecule has 2 unspecified atom stereocenters. The fourth-order valence-electron chi connectivity index (χ4n) is 1.76. The van der Waals surface area contributed by atoms with E-state index in [1.807, 2.05) is 7.05 Å². The van der Waals surface area contributed by atoms with Crippen molar-refractivity contribution in [2.45, 2.75) is 39.0 Å². The lowest BCUT2D eigenvalue weighted by Crippen LogP contribution is -2.15. The van der Waals surface area contributed by atoms with E-state index in [2.05, 4.69) is 42.2 Å². The highest BCUT2D eigenvalue weighted by Crippen LogP contribution is 2.16. The van der Waals surface area contributed by atoms with Gasteiger partial charge < -0.3 is 14.6 Å². The van der Waals surface area contributed by atoms with E-state index in [0.29, 0.717) is 6.04 Å². The number of ether oxygens (including phenoxy) is 1. The Bertz CT molecular complexity index is 279. The number of nitrogens with zero attached hydrogens (tertiary/aromatic N) is 1. The quantitative estimate of drug-likeness (QED) is 0.779. The maximum atomic E-state index is 5.24. The molecule has 1 aromatic heterocycles. The highest BCUT2D eigenvalue weighted by atomic mass is 16.5. The first kappa shape index (κ1) is 12.3. The lowest BCUT2D eigenvalue weighted by atomic mass is 10.1. The van der Waals surface area contributed by atoms with E-state index in [4.69, 9.17) is 4.74 Å². The van der Waals surface area contributed by atoms with E-state index in [1.54, 1.807) is 7.11 Å². The Morgan fingerprint density at radius 2 is 2.27 bits per heavy atom. The zero-order valence-corrected chi connectivity index (χ0v) is 10.2. The number of aromatic nitrogens is 1. The van der Waals surface area contributed by atoms with Gasteiger partial charge in [-0.15, -0.1) is 0 Å². The van der Waals surface area contributed by atoms with Crippen LogP contribution in [0.3, 0.4) is 0 Å². The predicted octanol–water partition coefficient (Wildman–Crippen LogP) is 2.19. The summed E-state index contributed by atoms with van der Waals surface area (Å²) < 4.78 is 7.42. The van der Waals surface area contributed by atoms with Gasteiger partial charge in [0.05, 0.1) is 6.10 Å². The summed E-state index contributed by atoms with van der Waals surface area (Å²) in [4.78, 5) is 0. The molecule has 0 amide bonds. The molecular weight excluding hydrogens is 188 g/mol. The minimum atomic E-state index is 0.264. The van der Waals surface area contributed by atoms with Gasteiger partial charge in [-0.1, -0.05) is 6.92 Å². The molecule has 1 heterocycles. The van der Waals surface area contributed by atoms with Crippen molar-refractivity contribution in [1.82, 2.24) is 9.88 Å². The molecule has 3 heteroatoms. The van der Waals surface area contributed by atoms with Crippen molar-refractivity contribution in [1.29, 1.82) is 0 Å². The Hall–Kier alpha value is -0.800. The molecule has 1 aromatic rings. The molecular formula is C12H22N2O. The van der Waals surface area contributed by atoms with Crippen molar-refractivity contribution in [2.75, 3.05) is 14.2 Å². The van der Waals surface area contributed by atoms with E-state index in [9.17, 15) is 0 Å². The summed E-state index contributed by atoms with van der Waals surface area (Å²) in [7, 11) is 3.75. The van der Waals surface area contributed by atoms with Gasteiger partial charge in [0, 0.05) is 32.1 Å². The third kappa shape index (κ3) is 3.36. The minimum Gasteiger partial charge on any atom is -0.380 e. The van der Waals surface area contributed by atoms with Gasteiger partial charge in [-0.25, -0.2) is 0 Å². The van der Waals surface area contributed by atoms with Gasteiger partial charge in [-0.2, -0.15) is 0 Å². The molecule has 2 atom stereocenters. The molecule has 86 valence electrons. The van der Waals surface area contributed by atoms with Crippen LogP contribution in [0.2, 0.25) is 0 Å². The van der Waals surface area contributed by atoms with Crippen LogP contribution in [0.1, 0.15) is 31.9 Å². The van der Waals surface area contributed by atoms with Crippen LogP contribution >= 0.6 is 0 Å². The molecule has 15 heavy (non-hydrogen) atoms. The Balaban J connectivity index is 2.63. The molecule has 0 radical (unpaired) electrons. The number of rotatable bonds is 6. The van der Waals surface area contributed by atoms with Gasteiger partial charge in [0.15, 0.2) is 0 Å². The summed E-state index contributed by atoms with van der Waals surface area (Å²) in [6, 6.07) is 2.64. The Labute approximate surface area is 92.4 Å². The first-order valence-electron chi connectivity index (χ1n) is 5.57. The van der Waals surface area contributed by atoms with Crippen molar-refractivity contribution in [3.63, 3.8) is 0 Å². The van der Waals surface area contributed by atoms with Gasteiger partial charge in [0.2, 0.25) is 0 Å². The van der Waals surface area contributed by atoms with Gasteiger partial charge in [-0.3, -0.25) is 0 Å². The summed E-state index contributed by atoms with van der Waals surface area (Å²) in [5.74, 6) is 0. The molecule has 0 aromatic carbocycles. The topological polar surface area (TPSA) is 26.2 Å². The van der Waals surface area contributed by atoms with Crippen LogP contribution in [-0.4, -0.2) is 24.8 Å². The summed E-state index contributed by atoms with van der Waals surface area (Å²) >= 11 is 0. The van der Waals surface area contributed by atoms with E-state index in [1.165, 1.54) is 5.56 Å². The van der Waals surface area contributed by atoms with E-state index in [-0.39, 0.29) is 6.10 Å². The minimum absolute atomic E-state index is 0.264. The van der Waals surface area contributed by atoms with Crippen molar-refractivity contribution in [3.05, 3.63) is 24.0 Å². The SMILES string of the molecule is CCC(NC)c1ccn(CC(C)OC)c1. The van der Waals surface area contributed by atoms with E-state index >= 15 is 0 Å². The summed E-state index contributed by atoms with van der Waals surface area (Å²) in [6.45, 7) is 5.18. The Kier molecular flexibility index (Phi) is 4.85. The predicted molar refractivity (Wildman–Crippen MR) is 63.0 cm³/mol. The smallest absolute Gasteiger partial charge is 0.0721 e. The fourth-order valence-corrected chi connectivity index (χ4v) is 1.76. The highest BCUT2D eigenvalue weighted by molar-refractivity contribution is 5.15. The zero-order valence-electron chi connectivity index (χ0n) is 10.2. The van der Waals surface area contributed by atoms with Crippen molar-refractivity contribution in [3.8, 4) is 0 Å². The van der Waals surface area contributed by atoms with Crippen LogP contribution < -0.4 is 5.32 Å². The van der Waals surface area contributed by atoms with Crippen LogP contribution in [0.5, 0.6) is 0 Å². The van der Waals surface area contributed by atoms with Crippen LogP contribution in [0.25, 0.3) is 0 Å². The monoisotopic (exact) mass is 210 g/mol. The van der Waals surface area contributed by atoms with Crippen LogP contribution in [-0.2, 0) is 11.3 Å². The molecule has 0 fully saturated rings. The van der Waals surface area contributed by atoms with Gasteiger partial charge in [-0.05, 0) is 32.0 Å². The van der Waals surface area contributed by atoms with Gasteiger partial charge >= 0.3 is 0 Å². The first-order chi connectivity index (χ1) is 7.21. The number of hydrogen-bond acceptors (Lipinski definition) is 2. The van der Waals surface area contributed by atoms with Gasteiger partial charge in [0.1, 0.15) is 0 Å². The molecule has 0 saturated heterocycles. The largest absolute Gasteiger partial charge is 0.380 e. The number of nitrogens with one attached hydrogen (secondary N) is 1. The summed E-state index contributed by atoms with van der Waals surface area (Å²) in [5.41, 5.74) is 1.35. The van der Waals surface area contributed by atoms with E-state index in [0.717, 1.165) is 13.0 Å². The fraction of sp³-hybridized carbons (Fsp3) is 0.667. The first-order valence-corrected chi connectivity index (χ1v) is 5.57. The van der Waals surface area contributed by atoms with Crippen LogP contribution in [0.4, 0.5) is 0 Å². The third-order valence-electron chi connectivity index (χ3n) is 2.80. The molecule has 1 rings (SSSR count). The van der Waals surface area contributed by atoms with Crippen molar-refractivity contribution in [2.24, 2.45) is 0 Å². The maximum absolute atomic E-state index is 5.24. The maximum Gasteiger partial charge on any atom is 0.0721 e. The van der Waals surface area contributed by atoms with Crippen molar-refractivity contribution < 1.29 is 4.74 Å². The third-order valence-corrected chi connectivity index (χ3v) is 2.80. The summed E-state index contributed by atoms with van der Waals surface area (Å²) in [5, 5.41) is 3.30. The highest BCUT2D eigenvalue weighted by Gasteiger charge is 2.08. The lowest BCUT2D eigenvalue weighted by molar-refractivity contribution is 0.103. The standard InChI is InChI=1S/C12H22N2O/c1-5-12(13-3)11-6-7-14(9-11)8-10(2)15-4/h6-7,9-10,12-13H,5,8H2,1-4H3. The molecule has 0 aliphatic heterocycles. The van der Waals surface area contributed by atoms with Gasteiger partial charge in [0.25, 0.3) is 0 Å². The second kappa shape index (κ2) is 5.93. The molecule has 0 bridgehead atoms. The molecule has 0 saturated carbocycles. The second-order valence-electron chi connectivity index (χ2n) is 3.94. The lowest BCUT2D eigenvalue weighted by Gasteiger charge is -2.12. The molecule has 3 nitrogen and oxygen atoms in total. The Morgan fingerprint density at radius 1 is 1.53 bits per heavy atom. The average Bonchev–Trinajstić information content (AvgIpc) is 2.68. The van der Waals surface area contributed by atoms with Crippen LogP contribution in [0.15, 0.2) is 18.5 Å². The molecule has 0 spiro atoms. The summed E-state index contributed by atoms with van der Waals surface area (Å²) in [6.07, 6.45) is 5.69. The number of methoxy groups -OCH3 is 1. The molecule has 0 aliphatic carbocycles. The number of hydrogen-bond donors (Lipinski definition) is 1. The Morgan fingerprint density at radius 3 is 2.80 bits per heavy atom. The van der Waals surface area contributed by atoms with Crippen LogP contribution in [0, 0.1) is 0 Å². The van der Waals surface area contributed by atoms with E-state index < -0.39 is 0 Å². The molecule has 1 N–H and O–H groups in total. The molecule has 0 aliphatic rings. The average molecular weight is 210 g/mol. The zero-order chi connectivity index (χ0) is 11.3. The van der Waals surface area contributed by atoms with Crippen molar-refractivity contribution >= 4 is 0 Å². The second-order valence-corrected chi connectivity index (χ2v) is 3.94. The normalized spacial score (nSPS) is 15.2.